The van der Waals surface area contributed by atoms with Crippen molar-refractivity contribution >= 4 is 11.9 Å². The van der Waals surface area contributed by atoms with E-state index in [1.165, 1.54) is 103 Å². The normalized spacial score (nSPS) is 13.6. The summed E-state index contributed by atoms with van der Waals surface area (Å²) in [4.78, 5) is 23.7. The third-order valence-electron chi connectivity index (χ3n) is 7.71. The maximum Gasteiger partial charge on any atom is 0.307 e. The van der Waals surface area contributed by atoms with Crippen molar-refractivity contribution in [2.45, 2.75) is 162 Å². The first-order chi connectivity index (χ1) is 19.0. The number of hydrogen-bond acceptors (Lipinski definition) is 2. The van der Waals surface area contributed by atoms with Gasteiger partial charge in [-0.15, -0.1) is 0 Å². The van der Waals surface area contributed by atoms with Gasteiger partial charge in [0.15, 0.2) is 0 Å². The molecule has 0 aromatic carbocycles. The molecule has 0 aromatic rings. The van der Waals surface area contributed by atoms with Crippen LogP contribution in [0, 0.1) is 11.8 Å². The van der Waals surface area contributed by atoms with E-state index in [9.17, 15) is 19.8 Å². The van der Waals surface area contributed by atoms with Gasteiger partial charge >= 0.3 is 11.9 Å². The molecule has 39 heavy (non-hydrogen) atoms. The van der Waals surface area contributed by atoms with Gasteiger partial charge in [-0.25, -0.2) is 0 Å². The van der Waals surface area contributed by atoms with Crippen LogP contribution < -0.4 is 0 Å². The van der Waals surface area contributed by atoms with E-state index in [1.807, 2.05) is 24.3 Å². The van der Waals surface area contributed by atoms with Crippen LogP contribution in [0.2, 0.25) is 0 Å². The summed E-state index contributed by atoms with van der Waals surface area (Å²) in [5.41, 5.74) is 0. The van der Waals surface area contributed by atoms with Gasteiger partial charge in [0.25, 0.3) is 0 Å². The van der Waals surface area contributed by atoms with Crippen LogP contribution >= 0.6 is 0 Å². The summed E-state index contributed by atoms with van der Waals surface area (Å²) in [5.74, 6) is -3.59. The fourth-order valence-electron chi connectivity index (χ4n) is 5.17. The molecule has 0 bridgehead atoms. The molecule has 0 rings (SSSR count). The zero-order valence-electron chi connectivity index (χ0n) is 25.6. The standard InChI is InChI=1S/C35H62O4/c1-3-5-7-9-11-13-15-17-19-21-23-25-27-29-31-33(35(38)39)32(34(36)37)30-28-26-24-22-20-18-16-14-12-10-8-6-4-2/h16,18,20,22,24,26,32-33H,3-15,17,19,21,23,25,27-31H2,1-2H3,(H,36,37)(H,38,39). The van der Waals surface area contributed by atoms with Crippen LogP contribution in [0.1, 0.15) is 162 Å². The first-order valence-corrected chi connectivity index (χ1v) is 16.5. The van der Waals surface area contributed by atoms with Crippen LogP contribution in [-0.2, 0) is 9.59 Å². The average Bonchev–Trinajstić information content (AvgIpc) is 2.91. The highest BCUT2D eigenvalue weighted by atomic mass is 16.4. The zero-order valence-corrected chi connectivity index (χ0v) is 25.6. The molecule has 0 fully saturated rings. The van der Waals surface area contributed by atoms with Crippen LogP contribution in [0.5, 0.6) is 0 Å². The van der Waals surface area contributed by atoms with Crippen molar-refractivity contribution in [2.24, 2.45) is 11.8 Å². The minimum atomic E-state index is -0.987. The first kappa shape index (κ1) is 37.2. The quantitative estimate of drug-likeness (QED) is 0.0722. The van der Waals surface area contributed by atoms with E-state index in [2.05, 4.69) is 26.0 Å². The van der Waals surface area contributed by atoms with E-state index in [4.69, 9.17) is 0 Å². The van der Waals surface area contributed by atoms with Crippen molar-refractivity contribution < 1.29 is 19.8 Å². The third-order valence-corrected chi connectivity index (χ3v) is 7.71. The van der Waals surface area contributed by atoms with Gasteiger partial charge in [-0.3, -0.25) is 9.59 Å². The monoisotopic (exact) mass is 546 g/mol. The number of carboxylic acid groups (broad SMARTS) is 2. The Hall–Kier alpha value is -1.84. The summed E-state index contributed by atoms with van der Waals surface area (Å²) in [7, 11) is 0. The van der Waals surface area contributed by atoms with Crippen molar-refractivity contribution in [1.29, 1.82) is 0 Å². The molecule has 0 saturated heterocycles. The number of rotatable bonds is 29. The summed E-state index contributed by atoms with van der Waals surface area (Å²) in [5, 5.41) is 19.4. The lowest BCUT2D eigenvalue weighted by atomic mass is 9.84. The van der Waals surface area contributed by atoms with E-state index in [1.54, 1.807) is 0 Å². The van der Waals surface area contributed by atoms with E-state index in [0.717, 1.165) is 25.7 Å². The van der Waals surface area contributed by atoms with Crippen LogP contribution in [-0.4, -0.2) is 22.2 Å². The van der Waals surface area contributed by atoms with E-state index >= 15 is 0 Å². The van der Waals surface area contributed by atoms with Gasteiger partial charge in [0, 0.05) is 0 Å². The Morgan fingerprint density at radius 3 is 1.26 bits per heavy atom. The molecule has 0 saturated carbocycles. The van der Waals surface area contributed by atoms with Crippen molar-refractivity contribution in [3.8, 4) is 0 Å². The fraction of sp³-hybridized carbons (Fsp3) is 0.771. The van der Waals surface area contributed by atoms with Crippen LogP contribution in [0.25, 0.3) is 0 Å². The van der Waals surface area contributed by atoms with Crippen LogP contribution in [0.3, 0.4) is 0 Å². The first-order valence-electron chi connectivity index (χ1n) is 16.5. The molecule has 0 spiro atoms. The van der Waals surface area contributed by atoms with Crippen LogP contribution in [0.15, 0.2) is 36.5 Å². The molecule has 0 aromatic heterocycles. The Labute approximate surface area is 241 Å². The molecule has 2 N–H and O–H groups in total. The minimum absolute atomic E-state index is 0.364. The lowest BCUT2D eigenvalue weighted by molar-refractivity contribution is -0.154. The molecule has 2 atom stereocenters. The SMILES string of the molecule is CCCCCCCC=CC=CC=CCCC(C(=O)O)C(CCCCCCCCCCCCCCCC)C(=O)O. The van der Waals surface area contributed by atoms with Gasteiger partial charge in [0.2, 0.25) is 0 Å². The Morgan fingerprint density at radius 2 is 0.821 bits per heavy atom. The van der Waals surface area contributed by atoms with Crippen molar-refractivity contribution in [2.75, 3.05) is 0 Å². The topological polar surface area (TPSA) is 74.6 Å². The third kappa shape index (κ3) is 24.9. The summed E-state index contributed by atoms with van der Waals surface area (Å²) in [6.45, 7) is 4.49. The number of hydrogen-bond donors (Lipinski definition) is 2. The molecule has 4 nitrogen and oxygen atoms in total. The highest BCUT2D eigenvalue weighted by Gasteiger charge is 2.32. The van der Waals surface area contributed by atoms with Gasteiger partial charge in [-0.2, -0.15) is 0 Å². The Bertz CT molecular complexity index is 649. The zero-order chi connectivity index (χ0) is 28.8. The Kier molecular flexibility index (Phi) is 27.8. The van der Waals surface area contributed by atoms with Crippen molar-refractivity contribution in [3.05, 3.63) is 36.5 Å². The maximum absolute atomic E-state index is 11.8. The number of aliphatic carboxylic acids is 2. The highest BCUT2D eigenvalue weighted by molar-refractivity contribution is 5.79. The summed E-state index contributed by atoms with van der Waals surface area (Å²) in [6.07, 6.45) is 38.5. The predicted molar refractivity (Wildman–Crippen MR) is 167 cm³/mol. The number of carbonyl (C=O) groups is 2. The molecule has 0 radical (unpaired) electrons. The lowest BCUT2D eigenvalue weighted by Crippen LogP contribution is -2.29. The maximum atomic E-state index is 11.8. The van der Waals surface area contributed by atoms with Crippen molar-refractivity contribution in [1.82, 2.24) is 0 Å². The lowest BCUT2D eigenvalue weighted by Gasteiger charge is -2.20. The predicted octanol–water partition coefficient (Wildman–Crippen LogP) is 11.1. The van der Waals surface area contributed by atoms with E-state index in [0.29, 0.717) is 19.3 Å². The molecule has 0 aliphatic rings. The molecular formula is C35H62O4. The number of unbranched alkanes of at least 4 members (excludes halogenated alkanes) is 18. The van der Waals surface area contributed by atoms with Crippen LogP contribution in [0.4, 0.5) is 0 Å². The fourth-order valence-corrected chi connectivity index (χ4v) is 5.17. The molecule has 0 heterocycles. The molecule has 2 unspecified atom stereocenters. The smallest absolute Gasteiger partial charge is 0.307 e. The molecule has 226 valence electrons. The molecule has 0 amide bonds. The molecule has 4 heteroatoms. The summed E-state index contributed by atoms with van der Waals surface area (Å²) < 4.78 is 0. The number of allylic oxidation sites excluding steroid dienone is 6. The largest absolute Gasteiger partial charge is 0.481 e. The average molecular weight is 547 g/mol. The van der Waals surface area contributed by atoms with Gasteiger partial charge in [0.05, 0.1) is 11.8 Å². The van der Waals surface area contributed by atoms with Gasteiger partial charge in [0.1, 0.15) is 0 Å². The van der Waals surface area contributed by atoms with Crippen molar-refractivity contribution in [3.63, 3.8) is 0 Å². The van der Waals surface area contributed by atoms with E-state index in [-0.39, 0.29) is 0 Å². The van der Waals surface area contributed by atoms with Gasteiger partial charge in [-0.1, -0.05) is 166 Å². The Balaban J connectivity index is 4.05. The molecule has 0 aliphatic carbocycles. The summed E-state index contributed by atoms with van der Waals surface area (Å²) in [6, 6.07) is 0. The molecule has 0 aliphatic heterocycles. The van der Waals surface area contributed by atoms with E-state index < -0.39 is 23.8 Å². The second-order valence-electron chi connectivity index (χ2n) is 11.3. The van der Waals surface area contributed by atoms with Gasteiger partial charge in [-0.05, 0) is 32.1 Å². The second kappa shape index (κ2) is 29.2. The Morgan fingerprint density at radius 1 is 0.462 bits per heavy atom. The second-order valence-corrected chi connectivity index (χ2v) is 11.3. The molecular weight excluding hydrogens is 484 g/mol. The minimum Gasteiger partial charge on any atom is -0.481 e. The summed E-state index contributed by atoms with van der Waals surface area (Å²) >= 11 is 0. The number of carboxylic acids is 2. The highest BCUT2D eigenvalue weighted by Crippen LogP contribution is 2.25. The van der Waals surface area contributed by atoms with Gasteiger partial charge < -0.3 is 10.2 Å².